The van der Waals surface area contributed by atoms with Crippen molar-refractivity contribution in [3.63, 3.8) is 0 Å². The molecule has 4 unspecified atom stereocenters. The summed E-state index contributed by atoms with van der Waals surface area (Å²) in [5, 5.41) is 9.88. The van der Waals surface area contributed by atoms with Gasteiger partial charge in [-0.25, -0.2) is 0 Å². The second-order valence-corrected chi connectivity index (χ2v) is 5.10. The lowest BCUT2D eigenvalue weighted by Crippen LogP contribution is -2.50. The van der Waals surface area contributed by atoms with Crippen molar-refractivity contribution in [2.45, 2.75) is 50.9 Å². The number of hydrogen-bond donors (Lipinski definition) is 1. The van der Waals surface area contributed by atoms with E-state index in [9.17, 15) is 5.11 Å². The zero-order valence-corrected chi connectivity index (χ0v) is 9.85. The van der Waals surface area contributed by atoms with Crippen LogP contribution in [0.4, 0.5) is 0 Å². The highest BCUT2D eigenvalue weighted by Crippen LogP contribution is 2.29. The van der Waals surface area contributed by atoms with Crippen LogP contribution in [0.3, 0.4) is 0 Å². The summed E-state index contributed by atoms with van der Waals surface area (Å²) in [6.07, 6.45) is 4.76. The van der Waals surface area contributed by atoms with Gasteiger partial charge in [0.25, 0.3) is 0 Å². The summed E-state index contributed by atoms with van der Waals surface area (Å²) in [6, 6.07) is 0.398. The van der Waals surface area contributed by atoms with Crippen molar-refractivity contribution in [3.8, 4) is 0 Å². The highest BCUT2D eigenvalue weighted by Gasteiger charge is 2.35. The zero-order valence-electron chi connectivity index (χ0n) is 9.85. The molecule has 0 bridgehead atoms. The largest absolute Gasteiger partial charge is 0.391 e. The Morgan fingerprint density at radius 1 is 1.27 bits per heavy atom. The van der Waals surface area contributed by atoms with Gasteiger partial charge in [-0.1, -0.05) is 6.92 Å². The first kappa shape index (κ1) is 11.4. The molecule has 3 nitrogen and oxygen atoms in total. The fraction of sp³-hybridized carbons (Fsp3) is 1.00. The van der Waals surface area contributed by atoms with E-state index >= 15 is 0 Å². The normalized spacial score (nSPS) is 43.4. The van der Waals surface area contributed by atoms with Gasteiger partial charge in [0.15, 0.2) is 0 Å². The lowest BCUT2D eigenvalue weighted by atomic mass is 9.94. The minimum atomic E-state index is -0.101. The molecular formula is C12H23NO2. The maximum Gasteiger partial charge on any atom is 0.0724 e. The lowest BCUT2D eigenvalue weighted by Gasteiger charge is -2.40. The van der Waals surface area contributed by atoms with Crippen molar-refractivity contribution in [1.82, 2.24) is 4.90 Å². The molecule has 2 aliphatic rings. The van der Waals surface area contributed by atoms with Crippen LogP contribution in [0.15, 0.2) is 0 Å². The van der Waals surface area contributed by atoms with Gasteiger partial charge in [0.05, 0.1) is 12.2 Å². The second kappa shape index (κ2) is 4.81. The Hall–Kier alpha value is -0.120. The summed E-state index contributed by atoms with van der Waals surface area (Å²) >= 11 is 0. The van der Waals surface area contributed by atoms with E-state index in [2.05, 4.69) is 11.8 Å². The summed E-state index contributed by atoms with van der Waals surface area (Å²) < 4.78 is 5.51. The molecule has 1 aliphatic carbocycles. The van der Waals surface area contributed by atoms with Crippen LogP contribution in [0.5, 0.6) is 0 Å². The molecule has 2 rings (SSSR count). The summed E-state index contributed by atoms with van der Waals surface area (Å²) in [6.45, 7) is 4.39. The third-order valence-electron chi connectivity index (χ3n) is 4.14. The lowest BCUT2D eigenvalue weighted by molar-refractivity contribution is -0.0362. The molecule has 1 saturated carbocycles. The van der Waals surface area contributed by atoms with Crippen LogP contribution in [-0.4, -0.2) is 48.5 Å². The number of rotatable bonds is 2. The number of methoxy groups -OCH3 is 1. The van der Waals surface area contributed by atoms with Gasteiger partial charge in [-0.3, -0.25) is 4.90 Å². The minimum Gasteiger partial charge on any atom is -0.391 e. The summed E-state index contributed by atoms with van der Waals surface area (Å²) in [5.41, 5.74) is 0. The van der Waals surface area contributed by atoms with E-state index in [-0.39, 0.29) is 6.10 Å². The SMILES string of the molecule is COC1CN(C2CCCC2O)CCC1C. The first-order valence-corrected chi connectivity index (χ1v) is 6.17. The Kier molecular flexibility index (Phi) is 3.65. The van der Waals surface area contributed by atoms with Crippen LogP contribution < -0.4 is 0 Å². The van der Waals surface area contributed by atoms with E-state index in [0.717, 1.165) is 25.9 Å². The van der Waals surface area contributed by atoms with Gasteiger partial charge in [0, 0.05) is 19.7 Å². The average Bonchev–Trinajstić information content (AvgIpc) is 2.65. The van der Waals surface area contributed by atoms with E-state index in [4.69, 9.17) is 4.74 Å². The van der Waals surface area contributed by atoms with Crippen molar-refractivity contribution in [2.24, 2.45) is 5.92 Å². The van der Waals surface area contributed by atoms with Gasteiger partial charge >= 0.3 is 0 Å². The molecule has 0 radical (unpaired) electrons. The minimum absolute atomic E-state index is 0.101. The molecule has 1 saturated heterocycles. The van der Waals surface area contributed by atoms with Gasteiger partial charge in [-0.2, -0.15) is 0 Å². The predicted molar refractivity (Wildman–Crippen MR) is 59.8 cm³/mol. The van der Waals surface area contributed by atoms with Crippen LogP contribution in [0.1, 0.15) is 32.6 Å². The number of piperidine rings is 1. The monoisotopic (exact) mass is 213 g/mol. The van der Waals surface area contributed by atoms with Gasteiger partial charge < -0.3 is 9.84 Å². The van der Waals surface area contributed by atoms with Gasteiger partial charge in [-0.05, 0) is 38.1 Å². The van der Waals surface area contributed by atoms with Crippen molar-refractivity contribution in [2.75, 3.05) is 20.2 Å². The first-order valence-electron chi connectivity index (χ1n) is 6.17. The molecule has 0 aromatic heterocycles. The third-order valence-corrected chi connectivity index (χ3v) is 4.14. The summed E-state index contributed by atoms with van der Waals surface area (Å²) in [5.74, 6) is 0.657. The quantitative estimate of drug-likeness (QED) is 0.749. The van der Waals surface area contributed by atoms with Crippen LogP contribution in [0.25, 0.3) is 0 Å². The Balaban J connectivity index is 1.93. The number of aliphatic hydroxyl groups excluding tert-OH is 1. The number of nitrogens with zero attached hydrogens (tertiary/aromatic N) is 1. The van der Waals surface area contributed by atoms with E-state index in [0.29, 0.717) is 18.1 Å². The number of hydrogen-bond acceptors (Lipinski definition) is 3. The molecule has 0 aromatic rings. The molecule has 1 heterocycles. The molecule has 1 N–H and O–H groups in total. The molecule has 4 atom stereocenters. The van der Waals surface area contributed by atoms with Crippen molar-refractivity contribution < 1.29 is 9.84 Å². The van der Waals surface area contributed by atoms with E-state index < -0.39 is 0 Å². The smallest absolute Gasteiger partial charge is 0.0724 e. The molecule has 0 spiro atoms. The molecule has 2 fully saturated rings. The van der Waals surface area contributed by atoms with E-state index in [1.165, 1.54) is 12.8 Å². The zero-order chi connectivity index (χ0) is 10.8. The number of likely N-dealkylation sites (tertiary alicyclic amines) is 1. The van der Waals surface area contributed by atoms with Gasteiger partial charge in [0.1, 0.15) is 0 Å². The molecule has 0 amide bonds. The Labute approximate surface area is 92.4 Å². The van der Waals surface area contributed by atoms with Crippen molar-refractivity contribution >= 4 is 0 Å². The van der Waals surface area contributed by atoms with E-state index in [1.54, 1.807) is 7.11 Å². The molecule has 0 aromatic carbocycles. The molecular weight excluding hydrogens is 190 g/mol. The fourth-order valence-corrected chi connectivity index (χ4v) is 3.01. The highest BCUT2D eigenvalue weighted by molar-refractivity contribution is 4.89. The molecule has 15 heavy (non-hydrogen) atoms. The fourth-order valence-electron chi connectivity index (χ4n) is 3.01. The third kappa shape index (κ3) is 2.35. The average molecular weight is 213 g/mol. The van der Waals surface area contributed by atoms with Crippen molar-refractivity contribution in [1.29, 1.82) is 0 Å². The van der Waals surface area contributed by atoms with Crippen LogP contribution in [-0.2, 0) is 4.74 Å². The molecule has 88 valence electrons. The number of ether oxygens (including phenoxy) is 1. The van der Waals surface area contributed by atoms with Crippen molar-refractivity contribution in [3.05, 3.63) is 0 Å². The Bertz CT molecular complexity index is 210. The topological polar surface area (TPSA) is 32.7 Å². The Morgan fingerprint density at radius 3 is 2.67 bits per heavy atom. The molecule has 3 heteroatoms. The van der Waals surface area contributed by atoms with Gasteiger partial charge in [0.2, 0.25) is 0 Å². The maximum absolute atomic E-state index is 9.88. The standard InChI is InChI=1S/C12H23NO2/c1-9-6-7-13(8-12(9)15-2)10-4-3-5-11(10)14/h9-12,14H,3-8H2,1-2H3. The summed E-state index contributed by atoms with van der Waals surface area (Å²) in [4.78, 5) is 2.44. The van der Waals surface area contributed by atoms with Crippen LogP contribution >= 0.6 is 0 Å². The summed E-state index contributed by atoms with van der Waals surface area (Å²) in [7, 11) is 1.80. The highest BCUT2D eigenvalue weighted by atomic mass is 16.5. The second-order valence-electron chi connectivity index (χ2n) is 5.10. The van der Waals surface area contributed by atoms with E-state index in [1.807, 2.05) is 0 Å². The number of aliphatic hydroxyl groups is 1. The van der Waals surface area contributed by atoms with Gasteiger partial charge in [-0.15, -0.1) is 0 Å². The predicted octanol–water partition coefficient (Wildman–Crippen LogP) is 1.26. The van der Waals surface area contributed by atoms with Crippen LogP contribution in [0.2, 0.25) is 0 Å². The Morgan fingerprint density at radius 2 is 2.07 bits per heavy atom. The van der Waals surface area contributed by atoms with Crippen LogP contribution in [0, 0.1) is 5.92 Å². The maximum atomic E-state index is 9.88. The molecule has 1 aliphatic heterocycles. The first-order chi connectivity index (χ1) is 7.22.